The summed E-state index contributed by atoms with van der Waals surface area (Å²) in [5.74, 6) is -0.407. The maximum atomic E-state index is 11.9. The predicted molar refractivity (Wildman–Crippen MR) is 71.1 cm³/mol. The van der Waals surface area contributed by atoms with Gasteiger partial charge in [0.1, 0.15) is 0 Å². The molecule has 0 aromatic heterocycles. The minimum atomic E-state index is -3.35. The molecule has 1 atom stereocenters. The zero-order valence-corrected chi connectivity index (χ0v) is 11.8. The number of carbonyl (C=O) groups is 1. The van der Waals surface area contributed by atoms with Crippen LogP contribution in [0, 0.1) is 0 Å². The number of ether oxygens (including phenoxy) is 1. The molecule has 19 heavy (non-hydrogen) atoms. The molecule has 0 bridgehead atoms. The lowest BCUT2D eigenvalue weighted by atomic mass is 9.92. The van der Waals surface area contributed by atoms with Crippen LogP contribution in [0.3, 0.4) is 0 Å². The third kappa shape index (κ3) is 2.96. The van der Waals surface area contributed by atoms with E-state index in [0.29, 0.717) is 13.0 Å². The van der Waals surface area contributed by atoms with Crippen LogP contribution in [0.4, 0.5) is 0 Å². The molecule has 0 aliphatic carbocycles. The van der Waals surface area contributed by atoms with Crippen molar-refractivity contribution in [2.75, 3.05) is 19.9 Å². The maximum absolute atomic E-state index is 11.9. The van der Waals surface area contributed by atoms with Gasteiger partial charge >= 0.3 is 5.97 Å². The van der Waals surface area contributed by atoms with Crippen LogP contribution in [0.15, 0.2) is 24.3 Å². The van der Waals surface area contributed by atoms with Crippen molar-refractivity contribution in [1.82, 2.24) is 4.31 Å². The molecule has 0 fully saturated rings. The molecule has 0 spiro atoms. The third-order valence-electron chi connectivity index (χ3n) is 3.38. The number of hydrogen-bond donors (Lipinski definition) is 0. The summed E-state index contributed by atoms with van der Waals surface area (Å²) in [6.07, 6.45) is 1.88. The lowest BCUT2D eigenvalue weighted by Gasteiger charge is -2.34. The van der Waals surface area contributed by atoms with Crippen LogP contribution < -0.4 is 0 Å². The van der Waals surface area contributed by atoms with Crippen LogP contribution in [0.5, 0.6) is 0 Å². The highest BCUT2D eigenvalue weighted by atomic mass is 32.2. The average Bonchev–Trinajstić information content (AvgIpc) is 2.37. The van der Waals surface area contributed by atoms with Gasteiger partial charge < -0.3 is 4.74 Å². The number of carbonyl (C=O) groups excluding carboxylic acids is 1. The zero-order valence-electron chi connectivity index (χ0n) is 11.0. The maximum Gasteiger partial charge on any atom is 0.307 e. The molecule has 1 aromatic rings. The van der Waals surface area contributed by atoms with E-state index in [9.17, 15) is 13.2 Å². The average molecular weight is 283 g/mol. The van der Waals surface area contributed by atoms with E-state index in [-0.39, 0.29) is 6.42 Å². The Labute approximate surface area is 113 Å². The van der Waals surface area contributed by atoms with Gasteiger partial charge in [-0.15, -0.1) is 0 Å². The monoisotopic (exact) mass is 283 g/mol. The fourth-order valence-corrected chi connectivity index (χ4v) is 3.55. The van der Waals surface area contributed by atoms with Crippen LogP contribution in [0.1, 0.15) is 23.6 Å². The molecular weight excluding hydrogens is 266 g/mol. The molecule has 0 saturated carbocycles. The summed E-state index contributed by atoms with van der Waals surface area (Å²) < 4.78 is 29.8. The number of benzene rings is 1. The van der Waals surface area contributed by atoms with Gasteiger partial charge in [0.05, 0.1) is 25.8 Å². The van der Waals surface area contributed by atoms with E-state index in [4.69, 9.17) is 0 Å². The van der Waals surface area contributed by atoms with E-state index in [1.54, 1.807) is 0 Å². The molecule has 0 radical (unpaired) electrons. The SMILES string of the molecule is COC(=O)C[C@H]1c2ccccc2CCN1S(C)(=O)=O. The van der Waals surface area contributed by atoms with Crippen LogP contribution in [-0.2, 0) is 26.0 Å². The van der Waals surface area contributed by atoms with Crippen LogP contribution in [0.2, 0.25) is 0 Å². The quantitative estimate of drug-likeness (QED) is 0.780. The fourth-order valence-electron chi connectivity index (χ4n) is 2.48. The normalized spacial score (nSPS) is 19.8. The summed E-state index contributed by atoms with van der Waals surface area (Å²) in [5, 5.41) is 0. The second-order valence-corrected chi connectivity index (χ2v) is 6.55. The Morgan fingerprint density at radius 1 is 1.42 bits per heavy atom. The minimum Gasteiger partial charge on any atom is -0.469 e. The molecule has 0 N–H and O–H groups in total. The van der Waals surface area contributed by atoms with Gasteiger partial charge in [0.2, 0.25) is 10.0 Å². The second kappa shape index (κ2) is 5.30. The standard InChI is InChI=1S/C13H17NO4S/c1-18-13(15)9-12-11-6-4-3-5-10(11)7-8-14(12)19(2,16)17/h3-6,12H,7-9H2,1-2H3/t12-/m0/s1. The van der Waals surface area contributed by atoms with E-state index in [1.165, 1.54) is 17.7 Å². The lowest BCUT2D eigenvalue weighted by Crippen LogP contribution is -2.40. The molecule has 104 valence electrons. The van der Waals surface area contributed by atoms with Gasteiger partial charge in [-0.3, -0.25) is 4.79 Å². The number of fused-ring (bicyclic) bond motifs is 1. The van der Waals surface area contributed by atoms with Gasteiger partial charge in [-0.05, 0) is 17.5 Å². The van der Waals surface area contributed by atoms with Crippen molar-refractivity contribution in [2.24, 2.45) is 0 Å². The Balaban J connectivity index is 2.42. The Kier molecular flexibility index (Phi) is 3.91. The van der Waals surface area contributed by atoms with Crippen LogP contribution in [0.25, 0.3) is 0 Å². The van der Waals surface area contributed by atoms with Gasteiger partial charge in [0.15, 0.2) is 0 Å². The Morgan fingerprint density at radius 2 is 2.11 bits per heavy atom. The van der Waals surface area contributed by atoms with Crippen molar-refractivity contribution in [3.8, 4) is 0 Å². The largest absolute Gasteiger partial charge is 0.469 e. The first kappa shape index (κ1) is 14.0. The molecule has 1 aliphatic rings. The van der Waals surface area contributed by atoms with Crippen molar-refractivity contribution in [2.45, 2.75) is 18.9 Å². The van der Waals surface area contributed by atoms with Gasteiger partial charge in [0, 0.05) is 6.54 Å². The second-order valence-electron chi connectivity index (χ2n) is 4.62. The number of rotatable bonds is 3. The summed E-state index contributed by atoms with van der Waals surface area (Å²) >= 11 is 0. The summed E-state index contributed by atoms with van der Waals surface area (Å²) in [7, 11) is -2.04. The van der Waals surface area contributed by atoms with E-state index in [0.717, 1.165) is 11.1 Å². The van der Waals surface area contributed by atoms with E-state index >= 15 is 0 Å². The summed E-state index contributed by atoms with van der Waals surface area (Å²) in [5.41, 5.74) is 1.99. The van der Waals surface area contributed by atoms with Gasteiger partial charge in [-0.2, -0.15) is 4.31 Å². The lowest BCUT2D eigenvalue weighted by molar-refractivity contribution is -0.141. The van der Waals surface area contributed by atoms with Crippen molar-refractivity contribution in [3.63, 3.8) is 0 Å². The number of methoxy groups -OCH3 is 1. The number of nitrogens with zero attached hydrogens (tertiary/aromatic N) is 1. The first-order valence-electron chi connectivity index (χ1n) is 6.05. The van der Waals surface area contributed by atoms with Crippen LogP contribution in [-0.4, -0.2) is 38.6 Å². The van der Waals surface area contributed by atoms with E-state index in [2.05, 4.69) is 4.74 Å². The highest BCUT2D eigenvalue weighted by molar-refractivity contribution is 7.88. The van der Waals surface area contributed by atoms with Crippen LogP contribution >= 0.6 is 0 Å². The Bertz CT molecular complexity index is 582. The van der Waals surface area contributed by atoms with Gasteiger partial charge in [0.25, 0.3) is 0 Å². The molecule has 0 saturated heterocycles. The zero-order chi connectivity index (χ0) is 14.0. The van der Waals surface area contributed by atoms with Crippen molar-refractivity contribution >= 4 is 16.0 Å². The molecule has 1 aliphatic heterocycles. The third-order valence-corrected chi connectivity index (χ3v) is 4.67. The molecule has 0 amide bonds. The van der Waals surface area contributed by atoms with E-state index < -0.39 is 22.0 Å². The smallest absolute Gasteiger partial charge is 0.307 e. The predicted octanol–water partition coefficient (Wildman–Crippen LogP) is 1.11. The minimum absolute atomic E-state index is 0.0422. The summed E-state index contributed by atoms with van der Waals surface area (Å²) in [6.45, 7) is 0.400. The first-order chi connectivity index (χ1) is 8.93. The highest BCUT2D eigenvalue weighted by Crippen LogP contribution is 2.33. The summed E-state index contributed by atoms with van der Waals surface area (Å²) in [4.78, 5) is 11.5. The number of hydrogen-bond acceptors (Lipinski definition) is 4. The number of sulfonamides is 1. The molecule has 0 unspecified atom stereocenters. The number of esters is 1. The molecule has 6 heteroatoms. The molecular formula is C13H17NO4S. The van der Waals surface area contributed by atoms with Crippen molar-refractivity contribution < 1.29 is 17.9 Å². The van der Waals surface area contributed by atoms with Gasteiger partial charge in [-0.25, -0.2) is 8.42 Å². The van der Waals surface area contributed by atoms with Crippen molar-refractivity contribution in [3.05, 3.63) is 35.4 Å². The first-order valence-corrected chi connectivity index (χ1v) is 7.89. The molecule has 1 aromatic carbocycles. The Hall–Kier alpha value is -1.40. The van der Waals surface area contributed by atoms with E-state index in [1.807, 2.05) is 24.3 Å². The van der Waals surface area contributed by atoms with Gasteiger partial charge in [-0.1, -0.05) is 24.3 Å². The summed E-state index contributed by atoms with van der Waals surface area (Å²) in [6, 6.07) is 7.16. The molecule has 1 heterocycles. The Morgan fingerprint density at radius 3 is 2.74 bits per heavy atom. The molecule has 2 rings (SSSR count). The topological polar surface area (TPSA) is 63.7 Å². The fraction of sp³-hybridized carbons (Fsp3) is 0.462. The highest BCUT2D eigenvalue weighted by Gasteiger charge is 2.34. The van der Waals surface area contributed by atoms with Crippen molar-refractivity contribution in [1.29, 1.82) is 0 Å². The molecule has 5 nitrogen and oxygen atoms in total.